The predicted molar refractivity (Wildman–Crippen MR) is 113 cm³/mol. The lowest BCUT2D eigenvalue weighted by atomic mass is 9.98. The monoisotopic (exact) mass is 458 g/mol. The maximum atomic E-state index is 13.3. The Morgan fingerprint density at radius 2 is 1.97 bits per heavy atom. The largest absolute Gasteiger partial charge is 0.482 e. The quantitative estimate of drug-likeness (QED) is 0.705. The van der Waals surface area contributed by atoms with Gasteiger partial charge >= 0.3 is 0 Å². The van der Waals surface area contributed by atoms with E-state index in [4.69, 9.17) is 9.47 Å². The first kappa shape index (κ1) is 19.9. The number of carbonyl (C=O) groups is 2. The van der Waals surface area contributed by atoms with E-state index < -0.39 is 5.54 Å². The lowest BCUT2D eigenvalue weighted by Gasteiger charge is -2.46. The van der Waals surface area contributed by atoms with Crippen LogP contribution in [0.3, 0.4) is 0 Å². The zero-order chi connectivity index (χ0) is 20.6. The molecule has 2 aliphatic rings. The number of rotatable bonds is 3. The average molecular weight is 459 g/mol. The van der Waals surface area contributed by atoms with Crippen molar-refractivity contribution in [2.24, 2.45) is 0 Å². The van der Waals surface area contributed by atoms with E-state index in [0.29, 0.717) is 24.6 Å². The molecule has 2 aromatic carbocycles. The van der Waals surface area contributed by atoms with Gasteiger partial charge in [-0.3, -0.25) is 14.5 Å². The minimum atomic E-state index is -0.458. The summed E-state index contributed by atoms with van der Waals surface area (Å²) in [5.74, 6) is 0.261. The molecule has 6 nitrogen and oxygen atoms in total. The molecular formula is C22H23BrN2O4. The molecule has 0 spiro atoms. The number of nitrogens with zero attached hydrogens (tertiary/aromatic N) is 2. The molecule has 1 unspecified atom stereocenters. The summed E-state index contributed by atoms with van der Waals surface area (Å²) < 4.78 is 12.4. The highest BCUT2D eigenvalue weighted by atomic mass is 79.9. The molecule has 152 valence electrons. The smallest absolute Gasteiger partial charge is 0.265 e. The van der Waals surface area contributed by atoms with Crippen LogP contribution in [0, 0.1) is 0 Å². The summed E-state index contributed by atoms with van der Waals surface area (Å²) in [6, 6.07) is 15.3. The van der Waals surface area contributed by atoms with Gasteiger partial charge in [-0.25, -0.2) is 0 Å². The molecule has 4 rings (SSSR count). The SMILES string of the molecule is CC1(C)COC(c2ccccc2)CN1C(=O)CN1C(=O)COc2cc(Br)ccc21. The van der Waals surface area contributed by atoms with Gasteiger partial charge in [0.05, 0.1) is 24.4 Å². The number of hydrogen-bond donors (Lipinski definition) is 0. The molecule has 1 fully saturated rings. The van der Waals surface area contributed by atoms with Crippen LogP contribution in [0.2, 0.25) is 0 Å². The first-order valence-electron chi connectivity index (χ1n) is 9.55. The second kappa shape index (κ2) is 7.80. The molecule has 0 aliphatic carbocycles. The number of anilines is 1. The summed E-state index contributed by atoms with van der Waals surface area (Å²) in [4.78, 5) is 29.1. The van der Waals surface area contributed by atoms with Crippen molar-refractivity contribution in [1.29, 1.82) is 0 Å². The van der Waals surface area contributed by atoms with E-state index in [2.05, 4.69) is 15.9 Å². The highest BCUT2D eigenvalue weighted by Crippen LogP contribution is 2.35. The van der Waals surface area contributed by atoms with Crippen LogP contribution in [0.1, 0.15) is 25.5 Å². The Kier molecular flexibility index (Phi) is 5.36. The van der Waals surface area contributed by atoms with Gasteiger partial charge in [0.1, 0.15) is 18.4 Å². The van der Waals surface area contributed by atoms with Crippen LogP contribution in [0.15, 0.2) is 53.0 Å². The normalized spacial score (nSPS) is 20.8. The van der Waals surface area contributed by atoms with Crippen molar-refractivity contribution in [1.82, 2.24) is 4.90 Å². The van der Waals surface area contributed by atoms with Gasteiger partial charge in [-0.2, -0.15) is 0 Å². The fourth-order valence-electron chi connectivity index (χ4n) is 3.73. The molecule has 0 N–H and O–H groups in total. The maximum Gasteiger partial charge on any atom is 0.265 e. The lowest BCUT2D eigenvalue weighted by Crippen LogP contribution is -2.59. The fraction of sp³-hybridized carbons (Fsp3) is 0.364. The third kappa shape index (κ3) is 4.02. The zero-order valence-corrected chi connectivity index (χ0v) is 18.0. The standard InChI is InChI=1S/C22H23BrN2O4/c1-22(2)14-29-19(15-6-4-3-5-7-15)11-25(22)20(26)12-24-17-9-8-16(23)10-18(17)28-13-21(24)27/h3-10,19H,11-14H2,1-2H3. The molecule has 2 aliphatic heterocycles. The molecule has 1 atom stereocenters. The number of amides is 2. The van der Waals surface area contributed by atoms with E-state index in [0.717, 1.165) is 10.0 Å². The van der Waals surface area contributed by atoms with Crippen LogP contribution < -0.4 is 9.64 Å². The van der Waals surface area contributed by atoms with E-state index in [1.54, 1.807) is 6.07 Å². The molecule has 0 saturated carbocycles. The van der Waals surface area contributed by atoms with E-state index in [-0.39, 0.29) is 31.1 Å². The van der Waals surface area contributed by atoms with E-state index in [1.807, 2.05) is 61.2 Å². The molecule has 0 bridgehead atoms. The Morgan fingerprint density at radius 1 is 1.21 bits per heavy atom. The lowest BCUT2D eigenvalue weighted by molar-refractivity contribution is -0.154. The topological polar surface area (TPSA) is 59.1 Å². The van der Waals surface area contributed by atoms with Crippen molar-refractivity contribution >= 4 is 33.4 Å². The highest BCUT2D eigenvalue weighted by Gasteiger charge is 2.40. The summed E-state index contributed by atoms with van der Waals surface area (Å²) in [6.45, 7) is 4.74. The van der Waals surface area contributed by atoms with Crippen LogP contribution >= 0.6 is 15.9 Å². The summed E-state index contributed by atoms with van der Waals surface area (Å²) >= 11 is 3.41. The number of carbonyl (C=O) groups excluding carboxylic acids is 2. The fourth-order valence-corrected chi connectivity index (χ4v) is 4.07. The van der Waals surface area contributed by atoms with Gasteiger partial charge in [0.2, 0.25) is 5.91 Å². The third-order valence-electron chi connectivity index (χ3n) is 5.35. The molecule has 2 heterocycles. The Hall–Kier alpha value is -2.38. The molecule has 0 radical (unpaired) electrons. The number of ether oxygens (including phenoxy) is 2. The molecule has 2 amide bonds. The Balaban J connectivity index is 1.56. The van der Waals surface area contributed by atoms with Crippen LogP contribution in [0.4, 0.5) is 5.69 Å². The van der Waals surface area contributed by atoms with Crippen molar-refractivity contribution in [3.63, 3.8) is 0 Å². The van der Waals surface area contributed by atoms with Crippen molar-refractivity contribution in [2.75, 3.05) is 31.2 Å². The maximum absolute atomic E-state index is 13.3. The van der Waals surface area contributed by atoms with Crippen molar-refractivity contribution in [3.05, 3.63) is 58.6 Å². The Bertz CT molecular complexity index is 932. The molecule has 0 aromatic heterocycles. The minimum Gasteiger partial charge on any atom is -0.482 e. The van der Waals surface area contributed by atoms with E-state index in [9.17, 15) is 9.59 Å². The molecule has 29 heavy (non-hydrogen) atoms. The van der Waals surface area contributed by atoms with Gasteiger partial charge in [0, 0.05) is 4.47 Å². The molecular weight excluding hydrogens is 436 g/mol. The van der Waals surface area contributed by atoms with Gasteiger partial charge in [0.25, 0.3) is 5.91 Å². The summed E-state index contributed by atoms with van der Waals surface area (Å²) in [5.41, 5.74) is 1.20. The van der Waals surface area contributed by atoms with Crippen LogP contribution in [0.25, 0.3) is 0 Å². The summed E-state index contributed by atoms with van der Waals surface area (Å²) in [6.07, 6.45) is -0.184. The van der Waals surface area contributed by atoms with Gasteiger partial charge < -0.3 is 14.4 Å². The van der Waals surface area contributed by atoms with Gasteiger partial charge in [-0.15, -0.1) is 0 Å². The van der Waals surface area contributed by atoms with Crippen LogP contribution in [-0.2, 0) is 14.3 Å². The van der Waals surface area contributed by atoms with Gasteiger partial charge in [-0.05, 0) is 37.6 Å². The summed E-state index contributed by atoms with van der Waals surface area (Å²) in [7, 11) is 0. The second-order valence-electron chi connectivity index (χ2n) is 7.91. The van der Waals surface area contributed by atoms with Crippen LogP contribution in [-0.4, -0.2) is 48.6 Å². The predicted octanol–water partition coefficient (Wildman–Crippen LogP) is 3.55. The van der Waals surface area contributed by atoms with Crippen LogP contribution in [0.5, 0.6) is 5.75 Å². The highest BCUT2D eigenvalue weighted by molar-refractivity contribution is 9.10. The zero-order valence-electron chi connectivity index (χ0n) is 16.4. The first-order chi connectivity index (χ1) is 13.8. The second-order valence-corrected chi connectivity index (χ2v) is 8.82. The first-order valence-corrected chi connectivity index (χ1v) is 10.3. The Morgan fingerprint density at radius 3 is 2.72 bits per heavy atom. The van der Waals surface area contributed by atoms with Crippen molar-refractivity contribution in [3.8, 4) is 5.75 Å². The summed E-state index contributed by atoms with van der Waals surface area (Å²) in [5, 5.41) is 0. The van der Waals surface area contributed by atoms with Gasteiger partial charge in [0.15, 0.2) is 6.61 Å². The van der Waals surface area contributed by atoms with E-state index in [1.165, 1.54) is 4.90 Å². The number of fused-ring (bicyclic) bond motifs is 1. The number of morpholine rings is 1. The molecule has 7 heteroatoms. The number of halogens is 1. The van der Waals surface area contributed by atoms with Crippen molar-refractivity contribution < 1.29 is 19.1 Å². The van der Waals surface area contributed by atoms with E-state index >= 15 is 0 Å². The minimum absolute atomic E-state index is 0.0260. The molecule has 2 aromatic rings. The third-order valence-corrected chi connectivity index (χ3v) is 5.84. The number of hydrogen-bond acceptors (Lipinski definition) is 4. The Labute approximate surface area is 178 Å². The van der Waals surface area contributed by atoms with Crippen molar-refractivity contribution in [2.45, 2.75) is 25.5 Å². The van der Waals surface area contributed by atoms with Gasteiger partial charge in [-0.1, -0.05) is 46.3 Å². The average Bonchev–Trinajstić information content (AvgIpc) is 2.70. The number of benzene rings is 2. The molecule has 1 saturated heterocycles.